The van der Waals surface area contributed by atoms with E-state index < -0.39 is 5.97 Å². The molecule has 0 aliphatic rings. The second-order valence-corrected chi connectivity index (χ2v) is 4.75. The summed E-state index contributed by atoms with van der Waals surface area (Å²) < 4.78 is 1.29. The molecule has 3 rings (SSSR count). The van der Waals surface area contributed by atoms with Gasteiger partial charge in [0, 0.05) is 5.02 Å². The third-order valence-electron chi connectivity index (χ3n) is 3.00. The number of halogens is 1. The highest BCUT2D eigenvalue weighted by atomic mass is 35.5. The Morgan fingerprint density at radius 1 is 1.14 bits per heavy atom. The van der Waals surface area contributed by atoms with Gasteiger partial charge in [-0.3, -0.25) is 0 Å². The summed E-state index contributed by atoms with van der Waals surface area (Å²) in [6, 6.07) is 14.2. The molecular weight excluding hydrogens is 290 g/mol. The first-order valence-corrected chi connectivity index (χ1v) is 6.55. The van der Waals surface area contributed by atoms with Crippen molar-refractivity contribution in [2.24, 2.45) is 0 Å². The third kappa shape index (κ3) is 2.51. The Hall–Kier alpha value is -2.66. The SMILES string of the molecule is O=C(O)/C(=C\c1ccccc1Cl)n1nnc2ccccc21. The lowest BCUT2D eigenvalue weighted by molar-refractivity contribution is -0.130. The zero-order valence-electron chi connectivity index (χ0n) is 10.8. The van der Waals surface area contributed by atoms with E-state index in [0.29, 0.717) is 21.6 Å². The fraction of sp³-hybridized carbons (Fsp3) is 0. The molecule has 1 aromatic heterocycles. The maximum atomic E-state index is 11.6. The number of aliphatic carboxylic acids is 1. The summed E-state index contributed by atoms with van der Waals surface area (Å²) in [7, 11) is 0. The van der Waals surface area contributed by atoms with Crippen LogP contribution in [0.1, 0.15) is 5.56 Å². The summed E-state index contributed by atoms with van der Waals surface area (Å²) in [5, 5.41) is 17.8. The average molecular weight is 300 g/mol. The number of hydrogen-bond acceptors (Lipinski definition) is 3. The van der Waals surface area contributed by atoms with Crippen LogP contribution < -0.4 is 0 Å². The van der Waals surface area contributed by atoms with Crippen LogP contribution in [0.25, 0.3) is 22.8 Å². The molecule has 2 aromatic carbocycles. The van der Waals surface area contributed by atoms with Gasteiger partial charge in [0.1, 0.15) is 5.52 Å². The Labute approximate surface area is 125 Å². The van der Waals surface area contributed by atoms with E-state index in [1.807, 2.05) is 6.07 Å². The highest BCUT2D eigenvalue weighted by Crippen LogP contribution is 2.22. The molecule has 0 spiro atoms. The predicted molar refractivity (Wildman–Crippen MR) is 80.8 cm³/mol. The maximum Gasteiger partial charge on any atom is 0.354 e. The van der Waals surface area contributed by atoms with E-state index >= 15 is 0 Å². The summed E-state index contributed by atoms with van der Waals surface area (Å²) in [6.45, 7) is 0. The zero-order chi connectivity index (χ0) is 14.8. The Balaban J connectivity index is 2.19. The minimum absolute atomic E-state index is 0.0169. The molecule has 6 heteroatoms. The largest absolute Gasteiger partial charge is 0.477 e. The Morgan fingerprint density at radius 2 is 1.86 bits per heavy atom. The van der Waals surface area contributed by atoms with Crippen molar-refractivity contribution >= 4 is 40.4 Å². The number of fused-ring (bicyclic) bond motifs is 1. The fourth-order valence-electron chi connectivity index (χ4n) is 2.00. The molecule has 0 aliphatic carbocycles. The molecule has 0 saturated heterocycles. The van der Waals surface area contributed by atoms with Crippen molar-refractivity contribution in [2.75, 3.05) is 0 Å². The standard InChI is InChI=1S/C15H10ClN3O2/c16-11-6-2-1-5-10(11)9-14(15(20)21)19-13-8-4-3-7-12(13)17-18-19/h1-9H,(H,20,21)/b14-9+. The molecule has 0 aliphatic heterocycles. The van der Waals surface area contributed by atoms with Crippen LogP contribution in [0.4, 0.5) is 0 Å². The molecule has 5 nitrogen and oxygen atoms in total. The minimum atomic E-state index is -1.11. The topological polar surface area (TPSA) is 68.0 Å². The monoisotopic (exact) mass is 299 g/mol. The number of para-hydroxylation sites is 1. The molecule has 1 heterocycles. The van der Waals surface area contributed by atoms with Crippen molar-refractivity contribution in [2.45, 2.75) is 0 Å². The Kier molecular flexibility index (Phi) is 3.41. The second kappa shape index (κ2) is 5.38. The molecule has 3 aromatic rings. The average Bonchev–Trinajstić information content (AvgIpc) is 2.90. The van der Waals surface area contributed by atoms with Crippen LogP contribution in [-0.4, -0.2) is 26.1 Å². The summed E-state index contributed by atoms with van der Waals surface area (Å²) in [5.41, 5.74) is 1.84. The number of hydrogen-bond donors (Lipinski definition) is 1. The van der Waals surface area contributed by atoms with E-state index in [-0.39, 0.29) is 5.70 Å². The quantitative estimate of drug-likeness (QED) is 0.754. The van der Waals surface area contributed by atoms with Gasteiger partial charge in [0.15, 0.2) is 5.70 Å². The van der Waals surface area contributed by atoms with Gasteiger partial charge in [0.2, 0.25) is 0 Å². The van der Waals surface area contributed by atoms with Crippen LogP contribution in [0.2, 0.25) is 5.02 Å². The summed E-state index contributed by atoms with van der Waals surface area (Å²) in [4.78, 5) is 11.6. The van der Waals surface area contributed by atoms with E-state index in [1.54, 1.807) is 42.5 Å². The van der Waals surface area contributed by atoms with Crippen LogP contribution in [0.3, 0.4) is 0 Å². The highest BCUT2D eigenvalue weighted by molar-refractivity contribution is 6.32. The van der Waals surface area contributed by atoms with Gasteiger partial charge in [-0.15, -0.1) is 5.10 Å². The molecule has 104 valence electrons. The van der Waals surface area contributed by atoms with Gasteiger partial charge in [0.25, 0.3) is 0 Å². The molecule has 21 heavy (non-hydrogen) atoms. The van der Waals surface area contributed by atoms with E-state index in [9.17, 15) is 9.90 Å². The fourth-order valence-corrected chi connectivity index (χ4v) is 2.19. The number of carbonyl (C=O) groups is 1. The van der Waals surface area contributed by atoms with Gasteiger partial charge in [-0.1, -0.05) is 47.1 Å². The lowest BCUT2D eigenvalue weighted by Gasteiger charge is -2.04. The smallest absolute Gasteiger partial charge is 0.354 e. The van der Waals surface area contributed by atoms with Gasteiger partial charge < -0.3 is 5.11 Å². The van der Waals surface area contributed by atoms with Crippen molar-refractivity contribution in [3.8, 4) is 0 Å². The first-order valence-electron chi connectivity index (χ1n) is 6.17. The first-order chi connectivity index (χ1) is 10.2. The summed E-state index contributed by atoms with van der Waals surface area (Å²) >= 11 is 6.07. The second-order valence-electron chi connectivity index (χ2n) is 4.35. The van der Waals surface area contributed by atoms with Crippen molar-refractivity contribution in [1.82, 2.24) is 15.0 Å². The van der Waals surface area contributed by atoms with Crippen LogP contribution in [-0.2, 0) is 4.79 Å². The molecule has 0 bridgehead atoms. The minimum Gasteiger partial charge on any atom is -0.477 e. The van der Waals surface area contributed by atoms with E-state index in [4.69, 9.17) is 11.6 Å². The number of carboxylic acid groups (broad SMARTS) is 1. The number of rotatable bonds is 3. The van der Waals surface area contributed by atoms with Gasteiger partial charge in [0.05, 0.1) is 5.52 Å². The molecule has 0 unspecified atom stereocenters. The van der Waals surface area contributed by atoms with E-state index in [0.717, 1.165) is 0 Å². The van der Waals surface area contributed by atoms with Crippen LogP contribution >= 0.6 is 11.6 Å². The highest BCUT2D eigenvalue weighted by Gasteiger charge is 2.15. The molecule has 0 radical (unpaired) electrons. The lowest BCUT2D eigenvalue weighted by Crippen LogP contribution is -2.09. The van der Waals surface area contributed by atoms with Gasteiger partial charge in [-0.25, -0.2) is 9.48 Å². The normalized spacial score (nSPS) is 11.8. The van der Waals surface area contributed by atoms with Crippen LogP contribution in [0.15, 0.2) is 48.5 Å². The van der Waals surface area contributed by atoms with Crippen molar-refractivity contribution in [3.05, 3.63) is 59.1 Å². The van der Waals surface area contributed by atoms with Gasteiger partial charge in [-0.2, -0.15) is 0 Å². The first kappa shape index (κ1) is 13.3. The van der Waals surface area contributed by atoms with Gasteiger partial charge >= 0.3 is 5.97 Å². The third-order valence-corrected chi connectivity index (χ3v) is 3.34. The van der Waals surface area contributed by atoms with Crippen LogP contribution in [0, 0.1) is 0 Å². The number of nitrogens with zero attached hydrogens (tertiary/aromatic N) is 3. The van der Waals surface area contributed by atoms with Gasteiger partial charge in [-0.05, 0) is 29.8 Å². The van der Waals surface area contributed by atoms with E-state index in [2.05, 4.69) is 10.3 Å². The Bertz CT molecular complexity index is 855. The molecule has 1 N–H and O–H groups in total. The van der Waals surface area contributed by atoms with Crippen molar-refractivity contribution < 1.29 is 9.90 Å². The maximum absolute atomic E-state index is 11.6. The predicted octanol–water partition coefficient (Wildman–Crippen LogP) is 3.17. The van der Waals surface area contributed by atoms with Crippen molar-refractivity contribution in [3.63, 3.8) is 0 Å². The van der Waals surface area contributed by atoms with Crippen LogP contribution in [0.5, 0.6) is 0 Å². The molecule has 0 atom stereocenters. The van der Waals surface area contributed by atoms with Crippen molar-refractivity contribution in [1.29, 1.82) is 0 Å². The van der Waals surface area contributed by atoms with E-state index in [1.165, 1.54) is 10.8 Å². The number of carboxylic acids is 1. The summed E-state index contributed by atoms with van der Waals surface area (Å²) in [5.74, 6) is -1.11. The molecular formula is C15H10ClN3O2. The molecule has 0 saturated carbocycles. The summed E-state index contributed by atoms with van der Waals surface area (Å²) in [6.07, 6.45) is 1.48. The molecule has 0 fully saturated rings. The lowest BCUT2D eigenvalue weighted by atomic mass is 10.2. The Morgan fingerprint density at radius 3 is 2.62 bits per heavy atom. The number of benzene rings is 2. The molecule has 0 amide bonds. The zero-order valence-corrected chi connectivity index (χ0v) is 11.5. The number of aromatic nitrogens is 3.